The van der Waals surface area contributed by atoms with E-state index in [9.17, 15) is 4.79 Å². The maximum absolute atomic E-state index is 12.6. The number of hydrogen-bond acceptors (Lipinski definition) is 4. The third-order valence-electron chi connectivity index (χ3n) is 4.79. The molecule has 2 unspecified atom stereocenters. The van der Waals surface area contributed by atoms with Crippen molar-refractivity contribution >= 4 is 11.6 Å². The van der Waals surface area contributed by atoms with Gasteiger partial charge in [-0.1, -0.05) is 24.3 Å². The second kappa shape index (κ2) is 6.76. The molecule has 5 heteroatoms. The Hall–Kier alpha value is -2.53. The Balaban J connectivity index is 1.53. The molecule has 2 heterocycles. The Morgan fingerprint density at radius 3 is 2.96 bits per heavy atom. The van der Waals surface area contributed by atoms with Gasteiger partial charge in [-0.3, -0.25) is 4.79 Å². The third-order valence-corrected chi connectivity index (χ3v) is 4.79. The van der Waals surface area contributed by atoms with Gasteiger partial charge in [0.25, 0.3) is 5.91 Å². The molecule has 130 valence electrons. The van der Waals surface area contributed by atoms with Crippen LogP contribution >= 0.6 is 0 Å². The minimum atomic E-state index is -0.214. The Kier molecular flexibility index (Phi) is 4.32. The van der Waals surface area contributed by atoms with Crippen molar-refractivity contribution in [1.29, 1.82) is 0 Å². The number of carbonyl (C=O) groups excluding carboxylic acids is 1. The van der Waals surface area contributed by atoms with Crippen molar-refractivity contribution in [2.75, 3.05) is 25.6 Å². The second-order valence-corrected chi connectivity index (χ2v) is 6.53. The van der Waals surface area contributed by atoms with E-state index in [4.69, 9.17) is 9.47 Å². The minimum Gasteiger partial charge on any atom is -0.491 e. The van der Waals surface area contributed by atoms with Gasteiger partial charge in [0, 0.05) is 19.3 Å². The quantitative estimate of drug-likeness (QED) is 0.928. The zero-order valence-corrected chi connectivity index (χ0v) is 14.3. The Labute approximate surface area is 147 Å². The summed E-state index contributed by atoms with van der Waals surface area (Å²) in [7, 11) is 1.82. The number of benzene rings is 2. The number of para-hydroxylation sites is 1. The summed E-state index contributed by atoms with van der Waals surface area (Å²) in [6.45, 7) is 1.39. The van der Waals surface area contributed by atoms with Crippen molar-refractivity contribution in [3.05, 3.63) is 59.7 Å². The molecule has 0 radical (unpaired) electrons. The lowest BCUT2D eigenvalue weighted by Crippen LogP contribution is -2.40. The van der Waals surface area contributed by atoms with E-state index in [2.05, 4.69) is 5.32 Å². The lowest BCUT2D eigenvalue weighted by atomic mass is 10.0. The van der Waals surface area contributed by atoms with Gasteiger partial charge in [0.2, 0.25) is 0 Å². The second-order valence-electron chi connectivity index (χ2n) is 6.53. The molecule has 2 aromatic carbocycles. The number of fused-ring (bicyclic) bond motifs is 1. The number of carbonyl (C=O) groups is 1. The molecule has 1 N–H and O–H groups in total. The summed E-state index contributed by atoms with van der Waals surface area (Å²) < 4.78 is 11.5. The van der Waals surface area contributed by atoms with Gasteiger partial charge in [0.1, 0.15) is 18.5 Å². The van der Waals surface area contributed by atoms with Crippen LogP contribution in [0.5, 0.6) is 5.75 Å². The molecule has 5 nitrogen and oxygen atoms in total. The van der Waals surface area contributed by atoms with Gasteiger partial charge in [0.15, 0.2) is 0 Å². The number of nitrogens with one attached hydrogen (secondary N) is 1. The molecule has 2 aliphatic heterocycles. The van der Waals surface area contributed by atoms with Gasteiger partial charge < -0.3 is 19.7 Å². The first-order valence-electron chi connectivity index (χ1n) is 8.69. The molecular formula is C20H22N2O3. The molecule has 0 bridgehead atoms. The van der Waals surface area contributed by atoms with Crippen LogP contribution in [0.3, 0.4) is 0 Å². The summed E-state index contributed by atoms with van der Waals surface area (Å²) >= 11 is 0. The molecule has 2 aliphatic rings. The molecule has 1 saturated heterocycles. The van der Waals surface area contributed by atoms with E-state index >= 15 is 0 Å². The summed E-state index contributed by atoms with van der Waals surface area (Å²) in [5.74, 6) is 0.819. The van der Waals surface area contributed by atoms with Crippen molar-refractivity contribution in [3.63, 3.8) is 0 Å². The van der Waals surface area contributed by atoms with Crippen LogP contribution in [0.25, 0.3) is 0 Å². The maximum atomic E-state index is 12.6. The van der Waals surface area contributed by atoms with Gasteiger partial charge >= 0.3 is 0 Å². The van der Waals surface area contributed by atoms with Gasteiger partial charge in [-0.05, 0) is 42.7 Å². The monoisotopic (exact) mass is 338 g/mol. The number of hydrogen-bond donors (Lipinski definition) is 1. The van der Waals surface area contributed by atoms with Crippen LogP contribution in [0.4, 0.5) is 5.69 Å². The molecule has 2 atom stereocenters. The van der Waals surface area contributed by atoms with E-state index < -0.39 is 0 Å². The van der Waals surface area contributed by atoms with E-state index in [0.29, 0.717) is 12.2 Å². The van der Waals surface area contributed by atoms with Crippen LogP contribution in [0.2, 0.25) is 0 Å². The first-order chi connectivity index (χ1) is 12.2. The van der Waals surface area contributed by atoms with Crippen molar-refractivity contribution in [2.24, 2.45) is 0 Å². The van der Waals surface area contributed by atoms with E-state index in [1.165, 1.54) is 0 Å². The van der Waals surface area contributed by atoms with E-state index in [-0.39, 0.29) is 18.2 Å². The average Bonchev–Trinajstić information content (AvgIpc) is 3.17. The number of anilines is 1. The summed E-state index contributed by atoms with van der Waals surface area (Å²) in [6.07, 6.45) is 2.13. The summed E-state index contributed by atoms with van der Waals surface area (Å²) in [4.78, 5) is 14.3. The Morgan fingerprint density at radius 1 is 1.24 bits per heavy atom. The Morgan fingerprint density at radius 2 is 2.12 bits per heavy atom. The lowest BCUT2D eigenvalue weighted by molar-refractivity contribution is 0.0678. The fraction of sp³-hybridized carbons (Fsp3) is 0.350. The SMILES string of the molecule is CN1C(=O)c2ccccc2NC1c1cccc(OCC2CCCO2)c1. The summed E-state index contributed by atoms with van der Waals surface area (Å²) in [6, 6.07) is 15.5. The molecule has 4 rings (SSSR count). The number of rotatable bonds is 4. The lowest BCUT2D eigenvalue weighted by Gasteiger charge is -2.35. The standard InChI is InChI=1S/C20H22N2O3/c1-22-19(21-18-10-3-2-9-17(18)20(22)23)14-6-4-7-15(12-14)25-13-16-8-5-11-24-16/h2-4,6-7,9-10,12,16,19,21H,5,8,11,13H2,1H3. The number of amides is 1. The minimum absolute atomic E-state index is 0.0185. The first kappa shape index (κ1) is 16.0. The van der Waals surface area contributed by atoms with Crippen molar-refractivity contribution in [1.82, 2.24) is 4.90 Å². The van der Waals surface area contributed by atoms with Crippen molar-refractivity contribution in [2.45, 2.75) is 25.1 Å². The largest absolute Gasteiger partial charge is 0.491 e. The number of ether oxygens (including phenoxy) is 2. The third kappa shape index (κ3) is 3.20. The smallest absolute Gasteiger partial charge is 0.257 e. The van der Waals surface area contributed by atoms with Crippen molar-refractivity contribution < 1.29 is 14.3 Å². The van der Waals surface area contributed by atoms with E-state index in [1.54, 1.807) is 4.90 Å². The predicted molar refractivity (Wildman–Crippen MR) is 95.8 cm³/mol. The molecule has 25 heavy (non-hydrogen) atoms. The molecule has 1 amide bonds. The maximum Gasteiger partial charge on any atom is 0.257 e. The topological polar surface area (TPSA) is 50.8 Å². The zero-order chi connectivity index (χ0) is 17.2. The average molecular weight is 338 g/mol. The number of nitrogens with zero attached hydrogens (tertiary/aromatic N) is 1. The normalized spacial score (nSPS) is 22.4. The molecule has 2 aromatic rings. The molecule has 0 spiro atoms. The summed E-state index contributed by atoms with van der Waals surface area (Å²) in [5, 5.41) is 3.44. The molecule has 1 fully saturated rings. The predicted octanol–water partition coefficient (Wildman–Crippen LogP) is 3.44. The van der Waals surface area contributed by atoms with Crippen LogP contribution < -0.4 is 10.1 Å². The van der Waals surface area contributed by atoms with Crippen LogP contribution in [-0.2, 0) is 4.74 Å². The molecule has 0 saturated carbocycles. The van der Waals surface area contributed by atoms with Gasteiger partial charge in [-0.15, -0.1) is 0 Å². The highest BCUT2D eigenvalue weighted by molar-refractivity contribution is 6.01. The van der Waals surface area contributed by atoms with Crippen LogP contribution in [0, 0.1) is 0 Å². The Bertz CT molecular complexity index is 771. The van der Waals surface area contributed by atoms with Crippen LogP contribution in [0.15, 0.2) is 48.5 Å². The van der Waals surface area contributed by atoms with Gasteiger partial charge in [0.05, 0.1) is 11.7 Å². The zero-order valence-electron chi connectivity index (χ0n) is 14.3. The highest BCUT2D eigenvalue weighted by atomic mass is 16.5. The van der Waals surface area contributed by atoms with Crippen LogP contribution in [0.1, 0.15) is 34.9 Å². The van der Waals surface area contributed by atoms with Gasteiger partial charge in [-0.2, -0.15) is 0 Å². The molecule has 0 aromatic heterocycles. The highest BCUT2D eigenvalue weighted by Gasteiger charge is 2.30. The fourth-order valence-corrected chi connectivity index (χ4v) is 3.39. The first-order valence-corrected chi connectivity index (χ1v) is 8.69. The van der Waals surface area contributed by atoms with E-state index in [0.717, 1.165) is 36.4 Å². The molecule has 0 aliphatic carbocycles. The van der Waals surface area contributed by atoms with Crippen molar-refractivity contribution in [3.8, 4) is 5.75 Å². The van der Waals surface area contributed by atoms with Crippen LogP contribution in [-0.4, -0.2) is 37.2 Å². The van der Waals surface area contributed by atoms with E-state index in [1.807, 2.05) is 55.6 Å². The highest BCUT2D eigenvalue weighted by Crippen LogP contribution is 2.33. The fourth-order valence-electron chi connectivity index (χ4n) is 3.39. The molecular weight excluding hydrogens is 316 g/mol. The summed E-state index contributed by atoms with van der Waals surface area (Å²) in [5.41, 5.74) is 2.56. The van der Waals surface area contributed by atoms with Gasteiger partial charge in [-0.25, -0.2) is 0 Å².